The summed E-state index contributed by atoms with van der Waals surface area (Å²) < 4.78 is 34.0. The zero-order chi connectivity index (χ0) is 18.7. The summed E-state index contributed by atoms with van der Waals surface area (Å²) in [6, 6.07) is 3.14. The molecule has 1 aromatic carbocycles. The van der Waals surface area contributed by atoms with Crippen LogP contribution in [0.4, 0.5) is 8.78 Å². The van der Waals surface area contributed by atoms with Crippen molar-refractivity contribution in [2.75, 3.05) is 6.26 Å². The second-order valence-electron chi connectivity index (χ2n) is 5.45. The first-order valence-electron chi connectivity index (χ1n) is 7.47. The van der Waals surface area contributed by atoms with Crippen LogP contribution in [0.3, 0.4) is 0 Å². The number of rotatable bonds is 7. The summed E-state index contributed by atoms with van der Waals surface area (Å²) in [6.45, 7) is 1.71. The highest BCUT2D eigenvalue weighted by Gasteiger charge is 2.40. The summed E-state index contributed by atoms with van der Waals surface area (Å²) >= 11 is 3.90. The fraction of sp³-hybridized carbons (Fsp3) is 0.333. The van der Waals surface area contributed by atoms with Crippen molar-refractivity contribution >= 4 is 35.1 Å². The molecule has 0 aliphatic rings. The van der Waals surface area contributed by atoms with Gasteiger partial charge in [0.2, 0.25) is 5.16 Å². The Hall–Kier alpha value is -1.56. The number of halogens is 2. The molecule has 11 heteroatoms. The quantitative estimate of drug-likeness (QED) is 0.594. The second kappa shape index (κ2) is 7.99. The van der Waals surface area contributed by atoms with E-state index in [9.17, 15) is 13.9 Å². The molecule has 0 spiro atoms. The first-order valence-corrected chi connectivity index (χ1v) is 10.3. The minimum absolute atomic E-state index is 0.0102. The lowest BCUT2D eigenvalue weighted by atomic mass is 9.90. The molecule has 2 aromatic heterocycles. The van der Waals surface area contributed by atoms with E-state index < -0.39 is 22.5 Å². The molecule has 0 bridgehead atoms. The smallest absolute Gasteiger partial charge is 0.200 e. The Morgan fingerprint density at radius 2 is 2.19 bits per heavy atom. The molecule has 138 valence electrons. The van der Waals surface area contributed by atoms with Crippen LogP contribution in [0, 0.1) is 11.6 Å². The normalized spacial score (nSPS) is 15.0. The van der Waals surface area contributed by atoms with Gasteiger partial charge in [-0.05, 0) is 30.8 Å². The van der Waals surface area contributed by atoms with Gasteiger partial charge in [0.25, 0.3) is 0 Å². The molecule has 6 nitrogen and oxygen atoms in total. The third-order valence-corrected chi connectivity index (χ3v) is 6.51. The number of aromatic nitrogens is 5. The topological polar surface area (TPSA) is 76.7 Å². The van der Waals surface area contributed by atoms with Crippen LogP contribution in [0.15, 0.2) is 40.3 Å². The van der Waals surface area contributed by atoms with Crippen LogP contribution in [0.1, 0.15) is 12.5 Å². The number of benzene rings is 1. The summed E-state index contributed by atoms with van der Waals surface area (Å²) in [7, 11) is 0. The Kier molecular flexibility index (Phi) is 5.90. The maximum absolute atomic E-state index is 14.4. The Balaban J connectivity index is 1.95. The largest absolute Gasteiger partial charge is 0.382 e. The molecule has 0 amide bonds. The number of thioether (sulfide) groups is 2. The predicted molar refractivity (Wildman–Crippen MR) is 97.3 cm³/mol. The van der Waals surface area contributed by atoms with Crippen LogP contribution in [-0.4, -0.2) is 40.7 Å². The molecule has 2 heterocycles. The van der Waals surface area contributed by atoms with E-state index in [-0.39, 0.29) is 12.1 Å². The van der Waals surface area contributed by atoms with Gasteiger partial charge in [-0.3, -0.25) is 0 Å². The zero-order valence-electron chi connectivity index (χ0n) is 13.8. The summed E-state index contributed by atoms with van der Waals surface area (Å²) in [4.78, 5) is 8.19. The molecule has 1 N–H and O–H groups in total. The molecule has 0 aliphatic heterocycles. The van der Waals surface area contributed by atoms with Gasteiger partial charge in [-0.1, -0.05) is 29.6 Å². The molecule has 0 fully saturated rings. The Morgan fingerprint density at radius 1 is 1.38 bits per heavy atom. The van der Waals surface area contributed by atoms with Crippen molar-refractivity contribution in [1.29, 1.82) is 0 Å². The van der Waals surface area contributed by atoms with Crippen LogP contribution in [-0.2, 0) is 12.1 Å². The Bertz CT molecular complexity index is 876. The van der Waals surface area contributed by atoms with Crippen LogP contribution in [0.2, 0.25) is 0 Å². The van der Waals surface area contributed by atoms with Gasteiger partial charge in [0.1, 0.15) is 29.9 Å². The minimum Gasteiger partial charge on any atom is -0.382 e. The van der Waals surface area contributed by atoms with E-state index in [1.165, 1.54) is 58.5 Å². The molecule has 0 saturated heterocycles. The molecule has 0 saturated carbocycles. The first kappa shape index (κ1) is 19.2. The van der Waals surface area contributed by atoms with Crippen molar-refractivity contribution < 1.29 is 13.9 Å². The zero-order valence-corrected chi connectivity index (χ0v) is 16.3. The van der Waals surface area contributed by atoms with Crippen LogP contribution in [0.5, 0.6) is 0 Å². The lowest BCUT2D eigenvalue weighted by molar-refractivity contribution is 0.0133. The Labute approximate surface area is 161 Å². The summed E-state index contributed by atoms with van der Waals surface area (Å²) in [5.74, 6) is -1.52. The van der Waals surface area contributed by atoms with E-state index in [0.717, 1.165) is 12.1 Å². The molecule has 3 aromatic rings. The van der Waals surface area contributed by atoms with E-state index in [0.29, 0.717) is 9.50 Å². The molecule has 0 aliphatic carbocycles. The van der Waals surface area contributed by atoms with Crippen molar-refractivity contribution in [2.45, 2.75) is 33.8 Å². The standard InChI is InChI=1S/C15H15F2N5OS3/c1-9(25-14-20-13(24-2)21-26-14)15(23,6-22-8-18-7-19-22)11-4-3-10(16)5-12(11)17/h3-5,7-9,23H,6H2,1-2H3. The van der Waals surface area contributed by atoms with E-state index in [4.69, 9.17) is 0 Å². The average Bonchev–Trinajstić information content (AvgIpc) is 3.26. The van der Waals surface area contributed by atoms with Gasteiger partial charge in [-0.25, -0.2) is 23.4 Å². The molecule has 26 heavy (non-hydrogen) atoms. The van der Waals surface area contributed by atoms with Crippen LogP contribution >= 0.6 is 35.1 Å². The minimum atomic E-state index is -1.67. The van der Waals surface area contributed by atoms with Crippen molar-refractivity contribution in [3.8, 4) is 0 Å². The SMILES string of the molecule is CSc1nsc(SC(C)C(O)(Cn2cncn2)c2ccc(F)cc2F)n1. The van der Waals surface area contributed by atoms with Gasteiger partial charge in [-0.15, -0.1) is 0 Å². The third kappa shape index (κ3) is 4.05. The lowest BCUT2D eigenvalue weighted by Crippen LogP contribution is -2.41. The van der Waals surface area contributed by atoms with Gasteiger partial charge in [0.15, 0.2) is 4.34 Å². The number of hydrogen-bond donors (Lipinski definition) is 1. The first-order chi connectivity index (χ1) is 12.4. The van der Waals surface area contributed by atoms with Gasteiger partial charge < -0.3 is 5.11 Å². The maximum atomic E-state index is 14.4. The molecular formula is C15H15F2N5OS3. The van der Waals surface area contributed by atoms with E-state index in [1.807, 2.05) is 6.26 Å². The molecule has 3 rings (SSSR count). The molecule has 2 unspecified atom stereocenters. The average molecular weight is 416 g/mol. The predicted octanol–water partition coefficient (Wildman–Crippen LogP) is 3.20. The Morgan fingerprint density at radius 3 is 2.81 bits per heavy atom. The molecule has 0 radical (unpaired) electrons. The fourth-order valence-corrected chi connectivity index (χ4v) is 5.00. The van der Waals surface area contributed by atoms with Gasteiger partial charge in [-0.2, -0.15) is 9.47 Å². The monoisotopic (exact) mass is 415 g/mol. The van der Waals surface area contributed by atoms with Gasteiger partial charge >= 0.3 is 0 Å². The highest BCUT2D eigenvalue weighted by molar-refractivity contribution is 8.01. The van der Waals surface area contributed by atoms with Gasteiger partial charge in [0, 0.05) is 16.9 Å². The molecule has 2 atom stereocenters. The van der Waals surface area contributed by atoms with Crippen molar-refractivity contribution in [3.05, 3.63) is 48.1 Å². The highest BCUT2D eigenvalue weighted by Crippen LogP contribution is 2.40. The number of nitrogens with zero attached hydrogens (tertiary/aromatic N) is 5. The van der Waals surface area contributed by atoms with E-state index in [1.54, 1.807) is 6.92 Å². The highest BCUT2D eigenvalue weighted by atomic mass is 32.2. The summed E-state index contributed by atoms with van der Waals surface area (Å²) in [5, 5.41) is 15.5. The van der Waals surface area contributed by atoms with E-state index in [2.05, 4.69) is 19.4 Å². The van der Waals surface area contributed by atoms with Crippen molar-refractivity contribution in [3.63, 3.8) is 0 Å². The lowest BCUT2D eigenvalue weighted by Gasteiger charge is -2.33. The summed E-state index contributed by atoms with van der Waals surface area (Å²) in [5.41, 5.74) is -1.68. The maximum Gasteiger partial charge on any atom is 0.200 e. The van der Waals surface area contributed by atoms with Crippen molar-refractivity contribution in [1.82, 2.24) is 24.1 Å². The summed E-state index contributed by atoms with van der Waals surface area (Å²) in [6.07, 6.45) is 4.63. The van der Waals surface area contributed by atoms with Crippen LogP contribution < -0.4 is 0 Å². The van der Waals surface area contributed by atoms with Crippen LogP contribution in [0.25, 0.3) is 0 Å². The number of aliphatic hydroxyl groups is 1. The third-order valence-electron chi connectivity index (χ3n) is 3.79. The van der Waals surface area contributed by atoms with Gasteiger partial charge in [0.05, 0.1) is 6.54 Å². The second-order valence-corrected chi connectivity index (χ2v) is 8.56. The van der Waals surface area contributed by atoms with E-state index >= 15 is 0 Å². The number of hydrogen-bond acceptors (Lipinski definition) is 8. The van der Waals surface area contributed by atoms with Crippen molar-refractivity contribution in [2.24, 2.45) is 0 Å². The fourth-order valence-electron chi connectivity index (χ4n) is 2.41. The molecular weight excluding hydrogens is 400 g/mol.